The SMILES string of the molecule is CN(CCBr)c1nccs1. The molecule has 0 aliphatic carbocycles. The average molecular weight is 221 g/mol. The zero-order chi connectivity index (χ0) is 7.40. The summed E-state index contributed by atoms with van der Waals surface area (Å²) in [7, 11) is 2.04. The van der Waals surface area contributed by atoms with Crippen molar-refractivity contribution < 1.29 is 0 Å². The Bertz CT molecular complexity index is 176. The fourth-order valence-corrected chi connectivity index (χ4v) is 1.80. The van der Waals surface area contributed by atoms with Crippen LogP contribution >= 0.6 is 27.3 Å². The maximum atomic E-state index is 4.16. The maximum absolute atomic E-state index is 4.16. The molecule has 56 valence electrons. The molecule has 0 atom stereocenters. The molecular weight excluding hydrogens is 212 g/mol. The van der Waals surface area contributed by atoms with Gasteiger partial charge >= 0.3 is 0 Å². The van der Waals surface area contributed by atoms with E-state index < -0.39 is 0 Å². The Morgan fingerprint density at radius 2 is 2.60 bits per heavy atom. The molecule has 0 radical (unpaired) electrons. The molecule has 0 saturated heterocycles. The zero-order valence-electron chi connectivity index (χ0n) is 5.75. The minimum atomic E-state index is 0.989. The molecule has 0 saturated carbocycles. The first-order valence-corrected chi connectivity index (χ1v) is 5.01. The molecule has 0 aliphatic rings. The van der Waals surface area contributed by atoms with E-state index in [0.717, 1.165) is 17.0 Å². The van der Waals surface area contributed by atoms with Gasteiger partial charge in [0, 0.05) is 30.5 Å². The number of anilines is 1. The van der Waals surface area contributed by atoms with E-state index in [1.54, 1.807) is 11.3 Å². The molecule has 0 aliphatic heterocycles. The lowest BCUT2D eigenvalue weighted by Gasteiger charge is -2.12. The highest BCUT2D eigenvalue weighted by molar-refractivity contribution is 9.09. The van der Waals surface area contributed by atoms with Gasteiger partial charge in [0.2, 0.25) is 0 Å². The highest BCUT2D eigenvalue weighted by Crippen LogP contribution is 2.14. The summed E-state index contributed by atoms with van der Waals surface area (Å²) in [6.07, 6.45) is 1.82. The lowest BCUT2D eigenvalue weighted by molar-refractivity contribution is 0.971. The van der Waals surface area contributed by atoms with E-state index in [1.165, 1.54) is 0 Å². The van der Waals surface area contributed by atoms with Crippen molar-refractivity contribution in [3.63, 3.8) is 0 Å². The summed E-state index contributed by atoms with van der Waals surface area (Å²) in [5, 5.41) is 4.06. The Kier molecular flexibility index (Phi) is 3.15. The molecule has 4 heteroatoms. The largest absolute Gasteiger partial charge is 0.350 e. The molecule has 0 fully saturated rings. The molecule has 0 spiro atoms. The number of halogens is 1. The average Bonchev–Trinajstić information content (AvgIpc) is 2.38. The van der Waals surface area contributed by atoms with Crippen molar-refractivity contribution in [1.82, 2.24) is 4.98 Å². The van der Waals surface area contributed by atoms with E-state index in [0.29, 0.717) is 0 Å². The smallest absolute Gasteiger partial charge is 0.184 e. The summed E-state index contributed by atoms with van der Waals surface area (Å²) in [6, 6.07) is 0. The predicted octanol–water partition coefficient (Wildman–Crippen LogP) is 1.97. The van der Waals surface area contributed by atoms with Crippen LogP contribution in [0.4, 0.5) is 5.13 Å². The summed E-state index contributed by atoms with van der Waals surface area (Å²) >= 11 is 5.04. The fraction of sp³-hybridized carbons (Fsp3) is 0.500. The van der Waals surface area contributed by atoms with E-state index in [-0.39, 0.29) is 0 Å². The van der Waals surface area contributed by atoms with Gasteiger partial charge in [-0.05, 0) is 0 Å². The van der Waals surface area contributed by atoms with Crippen LogP contribution < -0.4 is 4.90 Å². The molecule has 1 aromatic heterocycles. The molecule has 0 bridgehead atoms. The maximum Gasteiger partial charge on any atom is 0.184 e. The van der Waals surface area contributed by atoms with Gasteiger partial charge in [-0.15, -0.1) is 11.3 Å². The third-order valence-corrected chi connectivity index (χ3v) is 2.41. The molecule has 0 unspecified atom stereocenters. The van der Waals surface area contributed by atoms with Gasteiger partial charge in [-0.1, -0.05) is 15.9 Å². The summed E-state index contributed by atoms with van der Waals surface area (Å²) in [6.45, 7) is 1.01. The highest BCUT2D eigenvalue weighted by atomic mass is 79.9. The number of hydrogen-bond acceptors (Lipinski definition) is 3. The summed E-state index contributed by atoms with van der Waals surface area (Å²) in [5.74, 6) is 0. The van der Waals surface area contributed by atoms with Crippen LogP contribution in [0, 0.1) is 0 Å². The first kappa shape index (κ1) is 8.01. The second-order valence-electron chi connectivity index (χ2n) is 1.93. The van der Waals surface area contributed by atoms with Gasteiger partial charge in [0.25, 0.3) is 0 Å². The van der Waals surface area contributed by atoms with Crippen LogP contribution in [0.25, 0.3) is 0 Å². The van der Waals surface area contributed by atoms with E-state index in [4.69, 9.17) is 0 Å². The predicted molar refractivity (Wildman–Crippen MR) is 49.2 cm³/mol. The number of nitrogens with zero attached hydrogens (tertiary/aromatic N) is 2. The van der Waals surface area contributed by atoms with Gasteiger partial charge in [0.05, 0.1) is 0 Å². The molecule has 0 N–H and O–H groups in total. The van der Waals surface area contributed by atoms with Gasteiger partial charge in [0.15, 0.2) is 5.13 Å². The number of thiazole rings is 1. The topological polar surface area (TPSA) is 16.1 Å². The lowest BCUT2D eigenvalue weighted by atomic mass is 10.7. The van der Waals surface area contributed by atoms with E-state index in [2.05, 4.69) is 25.8 Å². The van der Waals surface area contributed by atoms with Gasteiger partial charge < -0.3 is 4.90 Å². The van der Waals surface area contributed by atoms with Crippen LogP contribution in [0.3, 0.4) is 0 Å². The van der Waals surface area contributed by atoms with Crippen LogP contribution in [-0.2, 0) is 0 Å². The van der Waals surface area contributed by atoms with E-state index in [1.807, 2.05) is 18.6 Å². The van der Waals surface area contributed by atoms with Gasteiger partial charge in [-0.2, -0.15) is 0 Å². The van der Waals surface area contributed by atoms with Crippen molar-refractivity contribution in [3.8, 4) is 0 Å². The van der Waals surface area contributed by atoms with Crippen LogP contribution in [0.5, 0.6) is 0 Å². The van der Waals surface area contributed by atoms with Crippen LogP contribution in [0.1, 0.15) is 0 Å². The Balaban J connectivity index is 2.50. The first-order chi connectivity index (χ1) is 4.84. The molecule has 1 heterocycles. The normalized spacial score (nSPS) is 9.80. The van der Waals surface area contributed by atoms with Crippen molar-refractivity contribution in [1.29, 1.82) is 0 Å². The van der Waals surface area contributed by atoms with Crippen molar-refractivity contribution in [2.75, 3.05) is 23.8 Å². The molecule has 10 heavy (non-hydrogen) atoms. The molecule has 1 aromatic rings. The van der Waals surface area contributed by atoms with Crippen LogP contribution in [-0.4, -0.2) is 23.9 Å². The monoisotopic (exact) mass is 220 g/mol. The highest BCUT2D eigenvalue weighted by Gasteiger charge is 1.99. The van der Waals surface area contributed by atoms with E-state index in [9.17, 15) is 0 Å². The Morgan fingerprint density at radius 1 is 1.80 bits per heavy atom. The summed E-state index contributed by atoms with van der Waals surface area (Å²) in [4.78, 5) is 6.28. The summed E-state index contributed by atoms with van der Waals surface area (Å²) < 4.78 is 0. The Hall–Kier alpha value is -0.0900. The minimum absolute atomic E-state index is 0.989. The number of hydrogen-bond donors (Lipinski definition) is 0. The quantitative estimate of drug-likeness (QED) is 0.725. The Labute approximate surface area is 73.0 Å². The number of alkyl halides is 1. The van der Waals surface area contributed by atoms with Crippen molar-refractivity contribution >= 4 is 32.4 Å². The second kappa shape index (κ2) is 3.93. The standard InChI is InChI=1S/C6H9BrN2S/c1-9(4-2-7)6-8-3-5-10-6/h3,5H,2,4H2,1H3. The second-order valence-corrected chi connectivity index (χ2v) is 3.59. The number of rotatable bonds is 3. The fourth-order valence-electron chi connectivity index (χ4n) is 0.627. The van der Waals surface area contributed by atoms with E-state index >= 15 is 0 Å². The molecule has 0 amide bonds. The third kappa shape index (κ3) is 1.95. The van der Waals surface area contributed by atoms with Crippen molar-refractivity contribution in [2.45, 2.75) is 0 Å². The Morgan fingerprint density at radius 3 is 3.10 bits per heavy atom. The van der Waals surface area contributed by atoms with Gasteiger partial charge in [-0.3, -0.25) is 0 Å². The summed E-state index contributed by atoms with van der Waals surface area (Å²) in [5.41, 5.74) is 0. The van der Waals surface area contributed by atoms with Crippen molar-refractivity contribution in [2.24, 2.45) is 0 Å². The van der Waals surface area contributed by atoms with Crippen molar-refractivity contribution in [3.05, 3.63) is 11.6 Å². The molecule has 0 aromatic carbocycles. The molecular formula is C6H9BrN2S. The van der Waals surface area contributed by atoms with Crippen LogP contribution in [0.2, 0.25) is 0 Å². The first-order valence-electron chi connectivity index (χ1n) is 3.01. The molecule has 2 nitrogen and oxygen atoms in total. The third-order valence-electron chi connectivity index (χ3n) is 1.17. The number of aromatic nitrogens is 1. The molecule has 1 rings (SSSR count). The van der Waals surface area contributed by atoms with Gasteiger partial charge in [0.1, 0.15) is 0 Å². The minimum Gasteiger partial charge on any atom is -0.350 e. The lowest BCUT2D eigenvalue weighted by Crippen LogP contribution is -2.18. The zero-order valence-corrected chi connectivity index (χ0v) is 8.15. The van der Waals surface area contributed by atoms with Gasteiger partial charge in [-0.25, -0.2) is 4.98 Å². The van der Waals surface area contributed by atoms with Crippen LogP contribution in [0.15, 0.2) is 11.6 Å².